The second-order valence-corrected chi connectivity index (χ2v) is 4.50. The quantitative estimate of drug-likeness (QED) is 0.614. The molecule has 1 atom stereocenters. The lowest BCUT2D eigenvalue weighted by Crippen LogP contribution is -2.14. The largest absolute Gasteiger partial charge is 0.0988 e. The molecule has 1 aliphatic rings. The summed E-state index contributed by atoms with van der Waals surface area (Å²) in [6, 6.07) is 0. The van der Waals surface area contributed by atoms with Crippen molar-refractivity contribution in [3.63, 3.8) is 0 Å². The second-order valence-electron chi connectivity index (χ2n) is 4.50. The highest BCUT2D eigenvalue weighted by Crippen LogP contribution is 2.34. The molecular weight excluding hydrogens is 168 g/mol. The van der Waals surface area contributed by atoms with Gasteiger partial charge in [0.15, 0.2) is 0 Å². The van der Waals surface area contributed by atoms with E-state index in [2.05, 4.69) is 39.5 Å². The average Bonchev–Trinajstić information content (AvgIpc) is 2.18. The zero-order valence-corrected chi connectivity index (χ0v) is 9.72. The molecule has 14 heavy (non-hydrogen) atoms. The van der Waals surface area contributed by atoms with Gasteiger partial charge in [0.25, 0.3) is 0 Å². The van der Waals surface area contributed by atoms with E-state index in [1.807, 2.05) is 6.08 Å². The predicted molar refractivity (Wildman–Crippen MR) is 64.2 cm³/mol. The van der Waals surface area contributed by atoms with Crippen molar-refractivity contribution in [1.82, 2.24) is 0 Å². The Bertz CT molecular complexity index is 253. The van der Waals surface area contributed by atoms with Gasteiger partial charge in [0.2, 0.25) is 0 Å². The van der Waals surface area contributed by atoms with E-state index in [0.717, 1.165) is 11.8 Å². The molecule has 0 fully saturated rings. The van der Waals surface area contributed by atoms with Gasteiger partial charge >= 0.3 is 0 Å². The molecule has 0 saturated carbocycles. The van der Waals surface area contributed by atoms with Gasteiger partial charge in [-0.1, -0.05) is 38.7 Å². The molecule has 0 nitrogen and oxygen atoms in total. The molecule has 0 amide bonds. The third-order valence-corrected chi connectivity index (χ3v) is 3.24. The van der Waals surface area contributed by atoms with Crippen molar-refractivity contribution in [2.75, 3.05) is 0 Å². The summed E-state index contributed by atoms with van der Waals surface area (Å²) in [5, 5.41) is 0. The molecule has 0 aromatic carbocycles. The minimum atomic E-state index is 0.803. The highest BCUT2D eigenvalue weighted by molar-refractivity contribution is 5.34. The van der Waals surface area contributed by atoms with Crippen LogP contribution in [0.2, 0.25) is 0 Å². The van der Waals surface area contributed by atoms with E-state index in [9.17, 15) is 0 Å². The summed E-state index contributed by atoms with van der Waals surface area (Å²) in [4.78, 5) is 0. The van der Waals surface area contributed by atoms with Crippen LogP contribution < -0.4 is 0 Å². The lowest BCUT2D eigenvalue weighted by Gasteiger charge is -2.27. The summed E-state index contributed by atoms with van der Waals surface area (Å²) >= 11 is 0. The first-order valence-electron chi connectivity index (χ1n) is 5.66. The van der Waals surface area contributed by atoms with E-state index in [0.29, 0.717) is 0 Å². The van der Waals surface area contributed by atoms with Crippen LogP contribution in [0.4, 0.5) is 0 Å². The van der Waals surface area contributed by atoms with Gasteiger partial charge in [-0.25, -0.2) is 0 Å². The Hall–Kier alpha value is -0.780. The topological polar surface area (TPSA) is 0 Å². The van der Waals surface area contributed by atoms with Crippen LogP contribution in [-0.4, -0.2) is 0 Å². The van der Waals surface area contributed by atoms with Crippen molar-refractivity contribution in [1.29, 1.82) is 0 Å². The van der Waals surface area contributed by atoms with Gasteiger partial charge in [0, 0.05) is 0 Å². The molecule has 1 unspecified atom stereocenters. The highest BCUT2D eigenvalue weighted by atomic mass is 14.3. The van der Waals surface area contributed by atoms with Crippen LogP contribution in [0, 0.1) is 11.8 Å². The molecular formula is C14H22. The van der Waals surface area contributed by atoms with Crippen LogP contribution >= 0.6 is 0 Å². The Morgan fingerprint density at radius 3 is 2.57 bits per heavy atom. The number of hydrogen-bond donors (Lipinski definition) is 0. The van der Waals surface area contributed by atoms with E-state index in [1.54, 1.807) is 0 Å². The monoisotopic (exact) mass is 190 g/mol. The standard InChI is InChI=1S/C14H22/c1-5-7-13-8-9-14(11(3)4)10-12(13)6-2/h5-7,11,14H,2,8-10H2,1,3-4H3/b7-5-. The van der Waals surface area contributed by atoms with Crippen molar-refractivity contribution in [3.05, 3.63) is 36.0 Å². The summed E-state index contributed by atoms with van der Waals surface area (Å²) in [7, 11) is 0. The maximum atomic E-state index is 3.92. The molecule has 0 saturated heterocycles. The minimum Gasteiger partial charge on any atom is -0.0988 e. The van der Waals surface area contributed by atoms with Crippen LogP contribution in [0.15, 0.2) is 36.0 Å². The Kier molecular flexibility index (Phi) is 4.19. The van der Waals surface area contributed by atoms with E-state index >= 15 is 0 Å². The smallest absolute Gasteiger partial charge is 0.0245 e. The fraction of sp³-hybridized carbons (Fsp3) is 0.571. The molecule has 1 rings (SSSR count). The summed E-state index contributed by atoms with van der Waals surface area (Å²) in [5.74, 6) is 1.66. The highest BCUT2D eigenvalue weighted by Gasteiger charge is 2.20. The normalized spacial score (nSPS) is 23.6. The molecule has 0 aliphatic heterocycles. The van der Waals surface area contributed by atoms with E-state index < -0.39 is 0 Å². The van der Waals surface area contributed by atoms with Crippen LogP contribution in [0.1, 0.15) is 40.0 Å². The fourth-order valence-corrected chi connectivity index (χ4v) is 2.19. The first kappa shape index (κ1) is 11.3. The molecule has 0 radical (unpaired) electrons. The zero-order valence-electron chi connectivity index (χ0n) is 9.72. The number of hydrogen-bond acceptors (Lipinski definition) is 0. The molecule has 0 N–H and O–H groups in total. The third-order valence-electron chi connectivity index (χ3n) is 3.24. The van der Waals surface area contributed by atoms with Gasteiger partial charge in [0.1, 0.15) is 0 Å². The Labute approximate surface area is 88.4 Å². The van der Waals surface area contributed by atoms with Crippen LogP contribution in [0.3, 0.4) is 0 Å². The molecule has 0 heterocycles. The van der Waals surface area contributed by atoms with Crippen molar-refractivity contribution >= 4 is 0 Å². The maximum absolute atomic E-state index is 3.92. The van der Waals surface area contributed by atoms with Crippen molar-refractivity contribution < 1.29 is 0 Å². The van der Waals surface area contributed by atoms with Gasteiger partial charge < -0.3 is 0 Å². The SMILES string of the molecule is C=CC1=C(/C=C\C)CCC(C(C)C)C1. The molecule has 0 aromatic rings. The van der Waals surface area contributed by atoms with E-state index in [4.69, 9.17) is 0 Å². The Balaban J connectivity index is 2.80. The van der Waals surface area contributed by atoms with Crippen LogP contribution in [0.5, 0.6) is 0 Å². The van der Waals surface area contributed by atoms with Crippen LogP contribution in [-0.2, 0) is 0 Å². The Morgan fingerprint density at radius 1 is 1.36 bits per heavy atom. The summed E-state index contributed by atoms with van der Waals surface area (Å²) < 4.78 is 0. The average molecular weight is 190 g/mol. The number of allylic oxidation sites excluding steroid dienone is 5. The van der Waals surface area contributed by atoms with E-state index in [1.165, 1.54) is 30.4 Å². The molecule has 0 spiro atoms. The minimum absolute atomic E-state index is 0.803. The predicted octanol–water partition coefficient (Wildman–Crippen LogP) is 4.50. The van der Waals surface area contributed by atoms with Crippen LogP contribution in [0.25, 0.3) is 0 Å². The summed E-state index contributed by atoms with van der Waals surface area (Å²) in [6.07, 6.45) is 10.2. The molecule has 0 bridgehead atoms. The number of rotatable bonds is 3. The molecule has 0 heteroatoms. The second kappa shape index (κ2) is 5.19. The molecule has 1 aliphatic carbocycles. The van der Waals surface area contributed by atoms with Gasteiger partial charge in [-0.2, -0.15) is 0 Å². The van der Waals surface area contributed by atoms with Gasteiger partial charge in [-0.05, 0) is 49.2 Å². The fourth-order valence-electron chi connectivity index (χ4n) is 2.19. The first-order valence-corrected chi connectivity index (χ1v) is 5.66. The Morgan fingerprint density at radius 2 is 2.07 bits per heavy atom. The van der Waals surface area contributed by atoms with Gasteiger partial charge in [-0.3, -0.25) is 0 Å². The third kappa shape index (κ3) is 2.60. The summed E-state index contributed by atoms with van der Waals surface area (Å²) in [6.45, 7) is 10.7. The lowest BCUT2D eigenvalue weighted by molar-refractivity contribution is 0.346. The van der Waals surface area contributed by atoms with Crippen molar-refractivity contribution in [2.45, 2.75) is 40.0 Å². The van der Waals surface area contributed by atoms with E-state index in [-0.39, 0.29) is 0 Å². The van der Waals surface area contributed by atoms with Gasteiger partial charge in [0.05, 0.1) is 0 Å². The molecule has 78 valence electrons. The van der Waals surface area contributed by atoms with Gasteiger partial charge in [-0.15, -0.1) is 0 Å². The van der Waals surface area contributed by atoms with Crippen molar-refractivity contribution in [2.24, 2.45) is 11.8 Å². The first-order chi connectivity index (χ1) is 6.69. The van der Waals surface area contributed by atoms with Crippen molar-refractivity contribution in [3.8, 4) is 0 Å². The lowest BCUT2D eigenvalue weighted by atomic mass is 9.78. The summed E-state index contributed by atoms with van der Waals surface area (Å²) in [5.41, 5.74) is 2.97. The zero-order chi connectivity index (χ0) is 10.6. The maximum Gasteiger partial charge on any atom is -0.0245 e. The molecule has 0 aromatic heterocycles.